The van der Waals surface area contributed by atoms with Crippen molar-refractivity contribution in [3.63, 3.8) is 0 Å². The van der Waals surface area contributed by atoms with Gasteiger partial charge in [-0.3, -0.25) is 0 Å². The fourth-order valence-corrected chi connectivity index (χ4v) is 0.685. The lowest BCUT2D eigenvalue weighted by molar-refractivity contribution is 0.226. The molecule has 0 aliphatic carbocycles. The van der Waals surface area contributed by atoms with Crippen LogP contribution in [0.1, 0.15) is 11.7 Å². The number of halogens is 1. The predicted molar refractivity (Wildman–Crippen MR) is 36.7 cm³/mol. The first-order valence-corrected chi connectivity index (χ1v) is 2.97. The van der Waals surface area contributed by atoms with Gasteiger partial charge in [-0.1, -0.05) is 12.1 Å². The summed E-state index contributed by atoms with van der Waals surface area (Å²) in [7, 11) is 0. The molecular weight excluding hydrogens is 131 g/mol. The first kappa shape index (κ1) is 7.22. The molecule has 1 N–H and O–H groups in total. The zero-order chi connectivity index (χ0) is 7.56. The maximum Gasteiger partial charge on any atom is 0.123 e. The van der Waals surface area contributed by atoms with E-state index in [1.54, 1.807) is 0 Å². The average molecular weight is 139 g/mol. The molecule has 0 fully saturated rings. The lowest BCUT2D eigenvalue weighted by atomic mass is 10.1. The van der Waals surface area contributed by atoms with Gasteiger partial charge in [0.2, 0.25) is 0 Å². The maximum atomic E-state index is 12.2. The van der Waals surface area contributed by atoms with Crippen LogP contribution in [-0.4, -0.2) is 5.11 Å². The third kappa shape index (κ3) is 1.54. The molecule has 10 heavy (non-hydrogen) atoms. The molecule has 0 aliphatic rings. The van der Waals surface area contributed by atoms with Crippen molar-refractivity contribution in [2.75, 3.05) is 0 Å². The van der Waals surface area contributed by atoms with Crippen molar-refractivity contribution in [3.8, 4) is 0 Å². The van der Waals surface area contributed by atoms with E-state index >= 15 is 0 Å². The molecule has 0 saturated carbocycles. The van der Waals surface area contributed by atoms with E-state index in [0.29, 0.717) is 5.56 Å². The first-order valence-electron chi connectivity index (χ1n) is 2.97. The molecule has 1 atom stereocenters. The summed E-state index contributed by atoms with van der Waals surface area (Å²) in [5.74, 6) is -0.301. The fourth-order valence-electron chi connectivity index (χ4n) is 0.685. The van der Waals surface area contributed by atoms with Gasteiger partial charge < -0.3 is 5.11 Å². The van der Waals surface area contributed by atoms with Gasteiger partial charge in [-0.05, 0) is 24.6 Å². The van der Waals surface area contributed by atoms with E-state index in [4.69, 9.17) is 5.11 Å². The Labute approximate surface area is 59.1 Å². The fraction of sp³-hybridized carbons (Fsp3) is 0.125. The molecule has 0 aromatic heterocycles. The Kier molecular flexibility index (Phi) is 2.02. The highest BCUT2D eigenvalue weighted by atomic mass is 19.1. The van der Waals surface area contributed by atoms with Crippen molar-refractivity contribution in [1.82, 2.24) is 0 Å². The van der Waals surface area contributed by atoms with Crippen LogP contribution >= 0.6 is 0 Å². The van der Waals surface area contributed by atoms with Crippen LogP contribution < -0.4 is 0 Å². The second kappa shape index (κ2) is 2.80. The van der Waals surface area contributed by atoms with Crippen LogP contribution in [0.25, 0.3) is 0 Å². The SMILES string of the molecule is [CH2][C@H](O)c1ccc(F)cc1. The minimum Gasteiger partial charge on any atom is -0.388 e. The summed E-state index contributed by atoms with van der Waals surface area (Å²) in [6.07, 6.45) is -0.763. The van der Waals surface area contributed by atoms with E-state index in [9.17, 15) is 4.39 Å². The van der Waals surface area contributed by atoms with Crippen LogP contribution in [0.4, 0.5) is 4.39 Å². The van der Waals surface area contributed by atoms with Crippen LogP contribution in [-0.2, 0) is 0 Å². The summed E-state index contributed by atoms with van der Waals surface area (Å²) in [6, 6.07) is 5.60. The maximum absolute atomic E-state index is 12.2. The van der Waals surface area contributed by atoms with Crippen molar-refractivity contribution >= 4 is 0 Å². The summed E-state index contributed by atoms with van der Waals surface area (Å²) in [4.78, 5) is 0. The van der Waals surface area contributed by atoms with Crippen LogP contribution in [0.2, 0.25) is 0 Å². The number of hydrogen-bond acceptors (Lipinski definition) is 1. The molecule has 0 spiro atoms. The van der Waals surface area contributed by atoms with Crippen LogP contribution in [0.5, 0.6) is 0 Å². The monoisotopic (exact) mass is 139 g/mol. The van der Waals surface area contributed by atoms with Crippen molar-refractivity contribution in [2.24, 2.45) is 0 Å². The van der Waals surface area contributed by atoms with E-state index in [1.165, 1.54) is 24.3 Å². The van der Waals surface area contributed by atoms with E-state index in [0.717, 1.165) is 0 Å². The van der Waals surface area contributed by atoms with Gasteiger partial charge in [0.1, 0.15) is 5.82 Å². The van der Waals surface area contributed by atoms with Gasteiger partial charge in [-0.25, -0.2) is 4.39 Å². The molecule has 2 heteroatoms. The molecule has 0 bridgehead atoms. The Morgan fingerprint density at radius 1 is 1.30 bits per heavy atom. The van der Waals surface area contributed by atoms with Gasteiger partial charge in [-0.2, -0.15) is 0 Å². The largest absolute Gasteiger partial charge is 0.388 e. The van der Waals surface area contributed by atoms with Crippen LogP contribution in [0.15, 0.2) is 24.3 Å². The van der Waals surface area contributed by atoms with Gasteiger partial charge >= 0.3 is 0 Å². The third-order valence-electron chi connectivity index (χ3n) is 1.25. The number of hydrogen-bond donors (Lipinski definition) is 1. The zero-order valence-corrected chi connectivity index (χ0v) is 5.42. The minimum absolute atomic E-state index is 0.301. The Morgan fingerprint density at radius 3 is 2.20 bits per heavy atom. The quantitative estimate of drug-likeness (QED) is 0.627. The highest BCUT2D eigenvalue weighted by Gasteiger charge is 1.98. The third-order valence-corrected chi connectivity index (χ3v) is 1.25. The molecule has 1 radical (unpaired) electrons. The molecule has 0 unspecified atom stereocenters. The molecule has 0 heterocycles. The number of aliphatic hydroxyl groups is 1. The van der Waals surface area contributed by atoms with Crippen molar-refractivity contribution in [2.45, 2.75) is 6.10 Å². The van der Waals surface area contributed by atoms with Crippen molar-refractivity contribution in [3.05, 3.63) is 42.6 Å². The normalized spacial score (nSPS) is 13.1. The summed E-state index contributed by atoms with van der Waals surface area (Å²) >= 11 is 0. The average Bonchev–Trinajstić information content (AvgIpc) is 1.88. The van der Waals surface area contributed by atoms with Gasteiger partial charge in [0.15, 0.2) is 0 Å². The van der Waals surface area contributed by atoms with E-state index < -0.39 is 6.10 Å². The van der Waals surface area contributed by atoms with Crippen molar-refractivity contribution in [1.29, 1.82) is 0 Å². The summed E-state index contributed by atoms with van der Waals surface area (Å²) in [5, 5.41) is 8.88. The number of rotatable bonds is 1. The first-order chi connectivity index (χ1) is 4.70. The number of aliphatic hydroxyl groups excluding tert-OH is 1. The number of benzene rings is 1. The van der Waals surface area contributed by atoms with Crippen LogP contribution in [0, 0.1) is 12.7 Å². The molecular formula is C8H8FO. The Hall–Kier alpha value is -0.890. The Balaban J connectivity index is 2.89. The Bertz CT molecular complexity index is 203. The van der Waals surface area contributed by atoms with E-state index in [-0.39, 0.29) is 5.82 Å². The lowest BCUT2D eigenvalue weighted by Gasteiger charge is -2.01. The predicted octanol–water partition coefficient (Wildman–Crippen LogP) is 1.69. The lowest BCUT2D eigenvalue weighted by Crippen LogP contribution is -1.90. The molecule has 0 amide bonds. The highest BCUT2D eigenvalue weighted by Crippen LogP contribution is 2.10. The topological polar surface area (TPSA) is 20.2 Å². The van der Waals surface area contributed by atoms with E-state index in [1.807, 2.05) is 0 Å². The van der Waals surface area contributed by atoms with Gasteiger partial charge in [0.25, 0.3) is 0 Å². The molecule has 0 aliphatic heterocycles. The van der Waals surface area contributed by atoms with Crippen LogP contribution in [0.3, 0.4) is 0 Å². The molecule has 1 aromatic rings. The molecule has 0 saturated heterocycles. The summed E-state index contributed by atoms with van der Waals surface area (Å²) in [6.45, 7) is 3.37. The second-order valence-corrected chi connectivity index (χ2v) is 2.07. The molecule has 1 aromatic carbocycles. The molecule has 1 nitrogen and oxygen atoms in total. The zero-order valence-electron chi connectivity index (χ0n) is 5.42. The summed E-state index contributed by atoms with van der Waals surface area (Å²) in [5.41, 5.74) is 0.626. The van der Waals surface area contributed by atoms with Gasteiger partial charge in [0.05, 0.1) is 6.10 Å². The smallest absolute Gasteiger partial charge is 0.123 e. The molecule has 53 valence electrons. The second-order valence-electron chi connectivity index (χ2n) is 2.07. The van der Waals surface area contributed by atoms with Gasteiger partial charge in [-0.15, -0.1) is 0 Å². The minimum atomic E-state index is -0.763. The molecule has 1 rings (SSSR count). The highest BCUT2D eigenvalue weighted by molar-refractivity contribution is 5.18. The van der Waals surface area contributed by atoms with Gasteiger partial charge in [0, 0.05) is 0 Å². The Morgan fingerprint density at radius 2 is 1.80 bits per heavy atom. The van der Waals surface area contributed by atoms with Crippen molar-refractivity contribution < 1.29 is 9.50 Å². The summed E-state index contributed by atoms with van der Waals surface area (Å²) < 4.78 is 12.2. The standard InChI is InChI=1S/C8H8FO/c1-6(10)7-2-4-8(9)5-3-7/h2-6,10H,1H2/t6-/m0/s1. The van der Waals surface area contributed by atoms with E-state index in [2.05, 4.69) is 6.92 Å².